The van der Waals surface area contributed by atoms with E-state index in [4.69, 9.17) is 42.1 Å². The van der Waals surface area contributed by atoms with Crippen LogP contribution < -0.4 is 20.1 Å². The fourth-order valence-electron chi connectivity index (χ4n) is 9.84. The van der Waals surface area contributed by atoms with Gasteiger partial charge in [0.2, 0.25) is 0 Å². The van der Waals surface area contributed by atoms with Crippen LogP contribution in [0.25, 0.3) is 11.1 Å². The van der Waals surface area contributed by atoms with E-state index < -0.39 is 40.0 Å². The Labute approximate surface area is 337 Å². The minimum absolute atomic E-state index is 0.448. The molecule has 4 aliphatic rings. The maximum absolute atomic E-state index is 13.1. The Bertz CT molecular complexity index is 1410. The molecule has 6 rings (SSSR count). The molecular weight excluding hydrogens is 757 g/mol. The molecule has 0 N–H and O–H groups in total. The Morgan fingerprint density at radius 3 is 1.06 bits per heavy atom. The Kier molecular flexibility index (Phi) is 15.7. The maximum atomic E-state index is 13.1. The number of hydrogen-bond donors (Lipinski definition) is 0. The summed E-state index contributed by atoms with van der Waals surface area (Å²) >= 11 is 14.6. The molecule has 0 amide bonds. The smallest absolute Gasteiger partial charge is 0.346 e. The number of benzene rings is 2. The van der Waals surface area contributed by atoms with Crippen LogP contribution >= 0.6 is 39.0 Å². The van der Waals surface area contributed by atoms with Crippen molar-refractivity contribution in [1.82, 2.24) is 0 Å². The summed E-state index contributed by atoms with van der Waals surface area (Å²) in [7, 11) is 1.45. The minimum Gasteiger partial charge on any atom is -0.477 e. The summed E-state index contributed by atoms with van der Waals surface area (Å²) < 4.78 is 23.9. The molecule has 2 atom stereocenters. The first-order chi connectivity index (χ1) is 26.2. The quantitative estimate of drug-likeness (QED) is 0.148. The molecule has 0 bridgehead atoms. The summed E-state index contributed by atoms with van der Waals surface area (Å²) in [6, 6.07) is 8.55. The van der Waals surface area contributed by atoms with Gasteiger partial charge < -0.3 is 18.9 Å². The highest BCUT2D eigenvalue weighted by Gasteiger charge is 2.40. The minimum atomic E-state index is -0.892. The van der Waals surface area contributed by atoms with Crippen LogP contribution in [0.5, 0.6) is 11.5 Å². The van der Waals surface area contributed by atoms with Gasteiger partial charge >= 0.3 is 11.9 Å². The first kappa shape index (κ1) is 42.0. The molecule has 0 heterocycles. The van der Waals surface area contributed by atoms with Crippen molar-refractivity contribution < 1.29 is 28.5 Å². The van der Waals surface area contributed by atoms with Crippen LogP contribution in [0.2, 0.25) is 10.0 Å². The van der Waals surface area contributed by atoms with Crippen molar-refractivity contribution in [3.05, 3.63) is 34.3 Å². The molecule has 0 aromatic heterocycles. The molecule has 2 aromatic rings. The third kappa shape index (κ3) is 9.74. The van der Waals surface area contributed by atoms with Gasteiger partial charge in [0.1, 0.15) is 11.5 Å². The number of esters is 2. The number of carbonyl (C=O) groups is 2. The van der Waals surface area contributed by atoms with Crippen LogP contribution in [0.4, 0.5) is 0 Å². The van der Waals surface area contributed by atoms with Crippen molar-refractivity contribution in [2.75, 3.05) is 14.2 Å². The van der Waals surface area contributed by atoms with Crippen LogP contribution in [0.1, 0.15) is 142 Å². The molecule has 0 saturated heterocycles. The lowest BCUT2D eigenvalue weighted by Crippen LogP contribution is -2.32. The van der Waals surface area contributed by atoms with Gasteiger partial charge in [-0.25, -0.2) is 9.59 Å². The second kappa shape index (κ2) is 20.2. The Balaban J connectivity index is 1.69. The molecule has 298 valence electrons. The van der Waals surface area contributed by atoms with Crippen molar-refractivity contribution in [3.8, 4) is 22.6 Å². The van der Waals surface area contributed by atoms with Gasteiger partial charge in [-0.2, -0.15) is 0 Å². The average molecular weight is 820 g/mol. The Hall–Kier alpha value is -1.58. The van der Waals surface area contributed by atoms with E-state index in [0.29, 0.717) is 44.2 Å². The van der Waals surface area contributed by atoms with Crippen molar-refractivity contribution in [3.63, 3.8) is 0 Å². The molecular formula is C44H62Cl2O6P2. The van der Waals surface area contributed by atoms with Crippen LogP contribution in [-0.2, 0) is 19.1 Å². The lowest BCUT2D eigenvalue weighted by molar-refractivity contribution is -0.148. The van der Waals surface area contributed by atoms with Gasteiger partial charge in [0, 0.05) is 11.1 Å². The molecule has 2 aromatic carbocycles. The topological polar surface area (TPSA) is 71.1 Å². The second-order valence-electron chi connectivity index (χ2n) is 16.1. The van der Waals surface area contributed by atoms with E-state index in [-0.39, 0.29) is 0 Å². The van der Waals surface area contributed by atoms with Gasteiger partial charge in [0.25, 0.3) is 0 Å². The molecule has 0 spiro atoms. The van der Waals surface area contributed by atoms with E-state index in [1.807, 2.05) is 12.1 Å². The molecule has 4 saturated carbocycles. The summed E-state index contributed by atoms with van der Waals surface area (Å²) in [5.41, 5.74) is 4.18. The SMILES string of the molecule is COC(=O)[C@H](C)Oc1c(Cl)ccc(P(C2CCCCC2)C2CCCCC2)c1-c1c(P(C2CCCCC2)C2CCCCC2)ccc(Cl)c1O[C@@H](C)C(=O)OC. The Morgan fingerprint density at radius 2 is 0.796 bits per heavy atom. The highest BCUT2D eigenvalue weighted by molar-refractivity contribution is 7.68. The molecule has 0 unspecified atom stereocenters. The predicted molar refractivity (Wildman–Crippen MR) is 227 cm³/mol. The molecule has 0 aliphatic heterocycles. The van der Waals surface area contributed by atoms with Gasteiger partial charge in [-0.05, 0) is 111 Å². The van der Waals surface area contributed by atoms with Gasteiger partial charge in [0.05, 0.1) is 24.3 Å². The van der Waals surface area contributed by atoms with E-state index in [2.05, 4.69) is 12.1 Å². The third-order valence-corrected chi connectivity index (χ3v) is 20.2. The molecule has 10 heteroatoms. The van der Waals surface area contributed by atoms with Crippen LogP contribution in [0.3, 0.4) is 0 Å². The lowest BCUT2D eigenvalue weighted by atomic mass is 9.99. The summed E-state index contributed by atoms with van der Waals surface area (Å²) in [4.78, 5) is 26.1. The average Bonchev–Trinajstić information content (AvgIpc) is 3.21. The van der Waals surface area contributed by atoms with Crippen LogP contribution in [-0.4, -0.2) is 61.0 Å². The van der Waals surface area contributed by atoms with Gasteiger partial charge in [0.15, 0.2) is 12.2 Å². The molecule has 4 aliphatic carbocycles. The third-order valence-electron chi connectivity index (χ3n) is 12.5. The standard InChI is InChI=1S/C44H62Cl2O6P2/c1-29(43(47)49-3)51-41-35(45)25-27-37(53(31-17-9-5-10-18-31)32-19-11-6-12-20-32)39(41)40-38(28-26-36(46)42(40)52-30(2)44(48)50-4)54(33-21-13-7-14-22-33)34-23-15-8-16-24-34/h25-34H,5-24H2,1-4H3/t29-,30-/m0/s1. The summed E-state index contributed by atoms with van der Waals surface area (Å²) in [5.74, 6) is 0.0658. The summed E-state index contributed by atoms with van der Waals surface area (Å²) in [6.45, 7) is 3.46. The fourth-order valence-corrected chi connectivity index (χ4v) is 18.1. The van der Waals surface area contributed by atoms with E-state index >= 15 is 0 Å². The highest BCUT2D eigenvalue weighted by atomic mass is 35.5. The molecule has 4 fully saturated rings. The number of halogens is 2. The number of ether oxygens (including phenoxy) is 4. The summed E-state index contributed by atoms with van der Waals surface area (Å²) in [5, 5.41) is 3.46. The largest absolute Gasteiger partial charge is 0.477 e. The molecule has 54 heavy (non-hydrogen) atoms. The first-order valence-electron chi connectivity index (χ1n) is 20.9. The maximum Gasteiger partial charge on any atom is 0.346 e. The van der Waals surface area contributed by atoms with E-state index in [1.54, 1.807) is 13.8 Å². The zero-order valence-corrected chi connectivity index (χ0v) is 36.3. The Morgan fingerprint density at radius 1 is 0.519 bits per heavy atom. The summed E-state index contributed by atoms with van der Waals surface area (Å²) in [6.07, 6.45) is 23.2. The van der Waals surface area contributed by atoms with Crippen molar-refractivity contribution >= 4 is 61.6 Å². The van der Waals surface area contributed by atoms with Gasteiger partial charge in [-0.15, -0.1) is 0 Å². The highest BCUT2D eigenvalue weighted by Crippen LogP contribution is 2.61. The normalized spacial score (nSPS) is 20.8. The van der Waals surface area contributed by atoms with E-state index in [0.717, 1.165) is 11.1 Å². The molecule has 0 radical (unpaired) electrons. The fraction of sp³-hybridized carbons (Fsp3) is 0.682. The second-order valence-corrected chi connectivity index (χ2v) is 22.4. The number of hydrogen-bond acceptors (Lipinski definition) is 6. The predicted octanol–water partition coefficient (Wildman–Crippen LogP) is 12.1. The van der Waals surface area contributed by atoms with E-state index in [9.17, 15) is 9.59 Å². The zero-order chi connectivity index (χ0) is 38.2. The lowest BCUT2D eigenvalue weighted by Gasteiger charge is -2.42. The van der Waals surface area contributed by atoms with Gasteiger partial charge in [-0.3, -0.25) is 0 Å². The first-order valence-corrected chi connectivity index (χ1v) is 24.7. The van der Waals surface area contributed by atoms with E-state index in [1.165, 1.54) is 153 Å². The number of methoxy groups -OCH3 is 2. The van der Waals surface area contributed by atoms with Crippen molar-refractivity contribution in [1.29, 1.82) is 0 Å². The monoisotopic (exact) mass is 818 g/mol. The van der Waals surface area contributed by atoms with Crippen molar-refractivity contribution in [2.24, 2.45) is 0 Å². The number of carbonyl (C=O) groups excluding carboxylic acids is 2. The van der Waals surface area contributed by atoms with Crippen molar-refractivity contribution in [2.45, 2.75) is 177 Å². The number of rotatable bonds is 13. The van der Waals surface area contributed by atoms with Gasteiger partial charge in [-0.1, -0.05) is 128 Å². The van der Waals surface area contributed by atoms with Crippen LogP contribution in [0.15, 0.2) is 24.3 Å². The zero-order valence-electron chi connectivity index (χ0n) is 33.0. The van der Waals surface area contributed by atoms with Crippen LogP contribution in [0, 0.1) is 0 Å². The molecule has 6 nitrogen and oxygen atoms in total.